The maximum absolute atomic E-state index is 13.8. The van der Waals surface area contributed by atoms with Crippen molar-refractivity contribution >= 4 is 17.5 Å². The van der Waals surface area contributed by atoms with Crippen LogP contribution in [0.1, 0.15) is 36.7 Å². The van der Waals surface area contributed by atoms with E-state index < -0.39 is 18.0 Å². The lowest BCUT2D eigenvalue weighted by Gasteiger charge is -2.22. The van der Waals surface area contributed by atoms with Gasteiger partial charge in [-0.1, -0.05) is 17.7 Å². The molecule has 1 aliphatic rings. The van der Waals surface area contributed by atoms with E-state index in [0.29, 0.717) is 6.42 Å². The van der Waals surface area contributed by atoms with Crippen molar-refractivity contribution in [2.24, 2.45) is 5.92 Å². The van der Waals surface area contributed by atoms with Gasteiger partial charge in [0.15, 0.2) is 0 Å². The molecule has 122 valence electrons. The number of hydrogen-bond acceptors (Lipinski definition) is 3. The van der Waals surface area contributed by atoms with Gasteiger partial charge in [-0.05, 0) is 37.6 Å². The number of rotatable bonds is 5. The van der Waals surface area contributed by atoms with Gasteiger partial charge in [0.1, 0.15) is 17.7 Å². The molecule has 0 aliphatic heterocycles. The summed E-state index contributed by atoms with van der Waals surface area (Å²) < 4.78 is 19.1. The second-order valence-electron chi connectivity index (χ2n) is 5.84. The Kier molecular flexibility index (Phi) is 4.41. The largest absolute Gasteiger partial charge is 0.469 e. The third kappa shape index (κ3) is 3.26. The van der Waals surface area contributed by atoms with Crippen molar-refractivity contribution in [1.29, 1.82) is 0 Å². The van der Waals surface area contributed by atoms with Gasteiger partial charge in [-0.2, -0.15) is 0 Å². The van der Waals surface area contributed by atoms with Gasteiger partial charge in [-0.3, -0.25) is 4.79 Å². The first kappa shape index (κ1) is 16.0. The van der Waals surface area contributed by atoms with Crippen molar-refractivity contribution in [3.63, 3.8) is 0 Å². The first-order valence-corrected chi connectivity index (χ1v) is 7.82. The summed E-state index contributed by atoms with van der Waals surface area (Å²) in [6, 6.07) is 7.17. The van der Waals surface area contributed by atoms with Crippen LogP contribution >= 0.6 is 11.6 Å². The summed E-state index contributed by atoms with van der Waals surface area (Å²) in [5.41, 5.74) is 0.000322. The Morgan fingerprint density at radius 1 is 1.43 bits per heavy atom. The van der Waals surface area contributed by atoms with Crippen LogP contribution in [0.2, 0.25) is 5.02 Å². The minimum absolute atomic E-state index is 0.000322. The molecule has 2 N–H and O–H groups in total. The molecule has 4 atom stereocenters. The predicted octanol–water partition coefficient (Wildman–Crippen LogP) is 3.41. The maximum atomic E-state index is 13.8. The molecule has 3 rings (SSSR count). The first-order chi connectivity index (χ1) is 11.0. The van der Waals surface area contributed by atoms with E-state index in [1.165, 1.54) is 18.2 Å². The van der Waals surface area contributed by atoms with E-state index in [2.05, 4.69) is 5.32 Å². The number of hydrogen-bond donors (Lipinski definition) is 2. The molecule has 4 unspecified atom stereocenters. The van der Waals surface area contributed by atoms with Crippen LogP contribution in [0.4, 0.5) is 4.39 Å². The number of nitrogens with one attached hydrogen (secondary N) is 1. The van der Waals surface area contributed by atoms with Gasteiger partial charge in [0.2, 0.25) is 5.91 Å². The SMILES string of the molecule is CC(NC(=O)C1CC1c1ccco1)C(O)c1c(F)cccc1Cl. The molecule has 4 nitrogen and oxygen atoms in total. The Morgan fingerprint density at radius 3 is 2.87 bits per heavy atom. The molecule has 1 amide bonds. The molecule has 1 heterocycles. The van der Waals surface area contributed by atoms with Crippen LogP contribution in [0.15, 0.2) is 41.0 Å². The van der Waals surface area contributed by atoms with Gasteiger partial charge in [0.05, 0.1) is 12.3 Å². The number of benzene rings is 1. The van der Waals surface area contributed by atoms with E-state index in [1.807, 2.05) is 6.07 Å². The Labute approximate surface area is 138 Å². The number of carbonyl (C=O) groups is 1. The number of amides is 1. The minimum Gasteiger partial charge on any atom is -0.469 e. The molecule has 1 aliphatic carbocycles. The zero-order valence-corrected chi connectivity index (χ0v) is 13.3. The average Bonchev–Trinajstić information content (AvgIpc) is 3.13. The number of halogens is 2. The summed E-state index contributed by atoms with van der Waals surface area (Å²) in [6.45, 7) is 1.62. The van der Waals surface area contributed by atoms with E-state index in [0.717, 1.165) is 5.76 Å². The first-order valence-electron chi connectivity index (χ1n) is 7.44. The molecule has 0 saturated heterocycles. The van der Waals surface area contributed by atoms with Crippen molar-refractivity contribution in [2.45, 2.75) is 31.4 Å². The zero-order chi connectivity index (χ0) is 16.6. The predicted molar refractivity (Wildman–Crippen MR) is 83.5 cm³/mol. The molecule has 0 bridgehead atoms. The molecule has 0 radical (unpaired) electrons. The number of furan rings is 1. The fourth-order valence-electron chi connectivity index (χ4n) is 2.76. The van der Waals surface area contributed by atoms with Crippen molar-refractivity contribution in [3.05, 3.63) is 58.8 Å². The Hall–Kier alpha value is -1.85. The highest BCUT2D eigenvalue weighted by Crippen LogP contribution is 2.47. The van der Waals surface area contributed by atoms with Crippen LogP contribution in [-0.2, 0) is 4.79 Å². The van der Waals surface area contributed by atoms with E-state index in [1.54, 1.807) is 19.3 Å². The van der Waals surface area contributed by atoms with Crippen LogP contribution in [0.25, 0.3) is 0 Å². The van der Waals surface area contributed by atoms with Gasteiger partial charge < -0.3 is 14.8 Å². The summed E-state index contributed by atoms with van der Waals surface area (Å²) in [4.78, 5) is 12.2. The molecule has 23 heavy (non-hydrogen) atoms. The number of carbonyl (C=O) groups excluding carboxylic acids is 1. The van der Waals surface area contributed by atoms with Crippen LogP contribution in [0, 0.1) is 11.7 Å². The van der Waals surface area contributed by atoms with Gasteiger partial charge in [0.25, 0.3) is 0 Å². The molecular weight excluding hydrogens is 321 g/mol. The van der Waals surface area contributed by atoms with Gasteiger partial charge >= 0.3 is 0 Å². The van der Waals surface area contributed by atoms with E-state index in [9.17, 15) is 14.3 Å². The smallest absolute Gasteiger partial charge is 0.224 e. The van der Waals surface area contributed by atoms with Crippen molar-refractivity contribution < 1.29 is 18.7 Å². The fourth-order valence-corrected chi connectivity index (χ4v) is 3.03. The summed E-state index contributed by atoms with van der Waals surface area (Å²) in [5.74, 6) is -0.0785. The van der Waals surface area contributed by atoms with Gasteiger partial charge in [-0.25, -0.2) is 4.39 Å². The zero-order valence-electron chi connectivity index (χ0n) is 12.5. The molecule has 1 fully saturated rings. The van der Waals surface area contributed by atoms with Crippen LogP contribution in [0.3, 0.4) is 0 Å². The number of aliphatic hydroxyl groups excluding tert-OH is 1. The molecule has 1 aromatic carbocycles. The molecular formula is C17H17ClFNO3. The lowest BCUT2D eigenvalue weighted by Crippen LogP contribution is -2.38. The van der Waals surface area contributed by atoms with E-state index in [4.69, 9.17) is 16.0 Å². The van der Waals surface area contributed by atoms with Crippen LogP contribution in [-0.4, -0.2) is 17.1 Å². The highest BCUT2D eigenvalue weighted by molar-refractivity contribution is 6.31. The quantitative estimate of drug-likeness (QED) is 0.878. The Bertz CT molecular complexity index is 684. The number of aliphatic hydroxyl groups is 1. The standard InChI is InChI=1S/C17H17ClFNO3/c1-9(16(21)15-12(18)4-2-5-13(15)19)20-17(22)11-8-10(11)14-6-3-7-23-14/h2-7,9-11,16,21H,8H2,1H3,(H,20,22). The molecule has 1 aromatic heterocycles. The minimum atomic E-state index is -1.21. The van der Waals surface area contributed by atoms with Crippen LogP contribution in [0.5, 0.6) is 0 Å². The van der Waals surface area contributed by atoms with Crippen molar-refractivity contribution in [3.8, 4) is 0 Å². The van der Waals surface area contributed by atoms with Crippen molar-refractivity contribution in [1.82, 2.24) is 5.32 Å². The topological polar surface area (TPSA) is 62.5 Å². The Balaban J connectivity index is 1.63. The maximum Gasteiger partial charge on any atom is 0.224 e. The second-order valence-corrected chi connectivity index (χ2v) is 6.25. The van der Waals surface area contributed by atoms with E-state index >= 15 is 0 Å². The normalized spacial score (nSPS) is 22.4. The van der Waals surface area contributed by atoms with Gasteiger partial charge in [0, 0.05) is 22.4 Å². The average molecular weight is 338 g/mol. The lowest BCUT2D eigenvalue weighted by atomic mass is 10.0. The van der Waals surface area contributed by atoms with Crippen LogP contribution < -0.4 is 5.32 Å². The highest BCUT2D eigenvalue weighted by atomic mass is 35.5. The summed E-state index contributed by atoms with van der Waals surface area (Å²) in [5, 5.41) is 13.2. The summed E-state index contributed by atoms with van der Waals surface area (Å²) >= 11 is 5.95. The fraction of sp³-hybridized carbons (Fsp3) is 0.353. The lowest BCUT2D eigenvalue weighted by molar-refractivity contribution is -0.123. The summed E-state index contributed by atoms with van der Waals surface area (Å²) in [6.07, 6.45) is 1.08. The molecule has 6 heteroatoms. The Morgan fingerprint density at radius 2 is 2.22 bits per heavy atom. The summed E-state index contributed by atoms with van der Waals surface area (Å²) in [7, 11) is 0. The van der Waals surface area contributed by atoms with Gasteiger partial charge in [-0.15, -0.1) is 0 Å². The molecule has 0 spiro atoms. The van der Waals surface area contributed by atoms with Crippen molar-refractivity contribution in [2.75, 3.05) is 0 Å². The molecule has 1 saturated carbocycles. The monoisotopic (exact) mass is 337 g/mol. The van der Waals surface area contributed by atoms with E-state index in [-0.39, 0.29) is 28.3 Å². The third-order valence-corrected chi connectivity index (χ3v) is 4.50. The third-order valence-electron chi connectivity index (χ3n) is 4.17. The highest BCUT2D eigenvalue weighted by Gasteiger charge is 2.46. The molecule has 2 aromatic rings. The second kappa shape index (κ2) is 6.34.